The zero-order chi connectivity index (χ0) is 22.4. The molecule has 0 radical (unpaired) electrons. The van der Waals surface area contributed by atoms with Crippen LogP contribution in [0.1, 0.15) is 37.4 Å². The molecule has 3 rings (SSSR count). The number of sulfonamides is 1. The summed E-state index contributed by atoms with van der Waals surface area (Å²) in [6.07, 6.45) is 0. The van der Waals surface area contributed by atoms with Crippen molar-refractivity contribution in [2.24, 2.45) is 0 Å². The predicted molar refractivity (Wildman–Crippen MR) is 117 cm³/mol. The van der Waals surface area contributed by atoms with Gasteiger partial charge in [0.15, 0.2) is 12.4 Å². The zero-order valence-electron chi connectivity index (χ0n) is 17.3. The number of hydrogen-bond acceptors (Lipinski definition) is 5. The average molecular weight is 438 g/mol. The van der Waals surface area contributed by atoms with Crippen molar-refractivity contribution in [1.82, 2.24) is 4.72 Å². The van der Waals surface area contributed by atoms with Crippen molar-refractivity contribution in [2.75, 3.05) is 6.61 Å². The van der Waals surface area contributed by atoms with Gasteiger partial charge in [-0.15, -0.1) is 0 Å². The lowest BCUT2D eigenvalue weighted by molar-refractivity contribution is 0.0474. The second-order valence-corrected chi connectivity index (χ2v) is 8.90. The van der Waals surface area contributed by atoms with E-state index in [0.717, 1.165) is 16.7 Å². The topological polar surface area (TPSA) is 89.5 Å². The van der Waals surface area contributed by atoms with Crippen LogP contribution in [0.3, 0.4) is 0 Å². The Morgan fingerprint density at radius 2 is 1.58 bits per heavy atom. The summed E-state index contributed by atoms with van der Waals surface area (Å²) in [6.45, 7) is 3.54. The molecule has 0 fully saturated rings. The van der Waals surface area contributed by atoms with Crippen molar-refractivity contribution >= 4 is 21.8 Å². The minimum atomic E-state index is -3.82. The number of ether oxygens (including phenoxy) is 1. The van der Waals surface area contributed by atoms with Crippen LogP contribution in [0.5, 0.6) is 0 Å². The van der Waals surface area contributed by atoms with Gasteiger partial charge in [-0.2, -0.15) is 0 Å². The minimum Gasteiger partial charge on any atom is -0.454 e. The number of hydrogen-bond donors (Lipinski definition) is 1. The van der Waals surface area contributed by atoms with Crippen LogP contribution in [-0.2, 0) is 21.3 Å². The molecule has 160 valence electrons. The van der Waals surface area contributed by atoms with Crippen LogP contribution in [0, 0.1) is 13.8 Å². The molecule has 0 saturated heterocycles. The van der Waals surface area contributed by atoms with Gasteiger partial charge in [-0.3, -0.25) is 4.79 Å². The van der Waals surface area contributed by atoms with Gasteiger partial charge in [0.25, 0.3) is 0 Å². The van der Waals surface area contributed by atoms with E-state index in [1.54, 1.807) is 12.1 Å². The Morgan fingerprint density at radius 1 is 0.839 bits per heavy atom. The van der Waals surface area contributed by atoms with Crippen molar-refractivity contribution in [3.63, 3.8) is 0 Å². The molecule has 6 nitrogen and oxygen atoms in total. The van der Waals surface area contributed by atoms with Crippen molar-refractivity contribution < 1.29 is 22.7 Å². The lowest BCUT2D eigenvalue weighted by Crippen LogP contribution is -2.23. The molecule has 0 heterocycles. The van der Waals surface area contributed by atoms with Gasteiger partial charge in [-0.25, -0.2) is 17.9 Å². The van der Waals surface area contributed by atoms with Crippen LogP contribution in [0.4, 0.5) is 0 Å². The number of esters is 1. The molecule has 1 N–H and O–H groups in total. The number of carbonyl (C=O) groups is 2. The maximum absolute atomic E-state index is 12.6. The standard InChI is InChI=1S/C24H23NO5S/c1-17-11-12-20(13-18(17)2)23(26)16-30-24(27)21-9-6-10-22(14-21)31(28,29)25-15-19-7-4-3-5-8-19/h3-14,25H,15-16H2,1-2H3. The van der Waals surface area contributed by atoms with Crippen LogP contribution < -0.4 is 4.72 Å². The van der Waals surface area contributed by atoms with Gasteiger partial charge in [-0.05, 0) is 54.8 Å². The molecule has 3 aromatic carbocycles. The first-order chi connectivity index (χ1) is 14.8. The van der Waals surface area contributed by atoms with E-state index in [9.17, 15) is 18.0 Å². The maximum atomic E-state index is 12.6. The Kier molecular flexibility index (Phi) is 6.99. The SMILES string of the molecule is Cc1ccc(C(=O)COC(=O)c2cccc(S(=O)(=O)NCc3ccccc3)c2)cc1C. The molecule has 31 heavy (non-hydrogen) atoms. The summed E-state index contributed by atoms with van der Waals surface area (Å²) in [4.78, 5) is 24.6. The number of Topliss-reactive ketones (excluding diaryl/α,β-unsaturated/α-hetero) is 1. The Bertz CT molecular complexity index is 1200. The lowest BCUT2D eigenvalue weighted by Gasteiger charge is -2.09. The van der Waals surface area contributed by atoms with Crippen molar-refractivity contribution in [3.8, 4) is 0 Å². The molecule has 0 saturated carbocycles. The van der Waals surface area contributed by atoms with E-state index in [1.807, 2.05) is 50.2 Å². The molecule has 0 amide bonds. The Morgan fingerprint density at radius 3 is 2.29 bits per heavy atom. The van der Waals surface area contributed by atoms with Gasteiger partial charge < -0.3 is 4.74 Å². The fraction of sp³-hybridized carbons (Fsp3) is 0.167. The average Bonchev–Trinajstić information content (AvgIpc) is 2.78. The number of aryl methyl sites for hydroxylation is 2. The highest BCUT2D eigenvalue weighted by Gasteiger charge is 2.18. The van der Waals surface area contributed by atoms with Gasteiger partial charge >= 0.3 is 5.97 Å². The first-order valence-electron chi connectivity index (χ1n) is 9.67. The van der Waals surface area contributed by atoms with Crippen LogP contribution >= 0.6 is 0 Å². The molecule has 0 aromatic heterocycles. The van der Waals surface area contributed by atoms with Crippen molar-refractivity contribution in [3.05, 3.63) is 101 Å². The van der Waals surface area contributed by atoms with Gasteiger partial charge in [-0.1, -0.05) is 48.5 Å². The van der Waals surface area contributed by atoms with E-state index >= 15 is 0 Å². The monoisotopic (exact) mass is 437 g/mol. The van der Waals surface area contributed by atoms with E-state index in [-0.39, 0.29) is 22.8 Å². The molecule has 0 aliphatic rings. The fourth-order valence-electron chi connectivity index (χ4n) is 2.86. The van der Waals surface area contributed by atoms with E-state index in [4.69, 9.17) is 4.74 Å². The Hall–Kier alpha value is -3.29. The number of ketones is 1. The van der Waals surface area contributed by atoms with Crippen LogP contribution in [0.25, 0.3) is 0 Å². The summed E-state index contributed by atoms with van der Waals surface area (Å²) in [7, 11) is -3.82. The normalized spacial score (nSPS) is 11.2. The molecule has 0 atom stereocenters. The van der Waals surface area contributed by atoms with Crippen LogP contribution in [0.15, 0.2) is 77.7 Å². The number of benzene rings is 3. The summed E-state index contributed by atoms with van der Waals surface area (Å²) in [5.41, 5.74) is 3.35. The largest absolute Gasteiger partial charge is 0.454 e. The quantitative estimate of drug-likeness (QED) is 0.427. The highest BCUT2D eigenvalue weighted by molar-refractivity contribution is 7.89. The third-order valence-corrected chi connectivity index (χ3v) is 6.25. The van der Waals surface area contributed by atoms with Gasteiger partial charge in [0.05, 0.1) is 10.5 Å². The van der Waals surface area contributed by atoms with E-state index in [2.05, 4.69) is 4.72 Å². The third-order valence-electron chi connectivity index (χ3n) is 4.85. The molecule has 0 aliphatic heterocycles. The summed E-state index contributed by atoms with van der Waals surface area (Å²) < 4.78 is 32.8. The molecule has 0 aliphatic carbocycles. The van der Waals surface area contributed by atoms with Gasteiger partial charge in [0.2, 0.25) is 10.0 Å². The molecule has 0 bridgehead atoms. The zero-order valence-corrected chi connectivity index (χ0v) is 18.1. The van der Waals surface area contributed by atoms with Gasteiger partial charge in [0.1, 0.15) is 0 Å². The first-order valence-corrected chi connectivity index (χ1v) is 11.2. The number of rotatable bonds is 8. The van der Waals surface area contributed by atoms with E-state index in [1.165, 1.54) is 24.3 Å². The Balaban J connectivity index is 1.65. The second-order valence-electron chi connectivity index (χ2n) is 7.14. The smallest absolute Gasteiger partial charge is 0.338 e. The summed E-state index contributed by atoms with van der Waals surface area (Å²) in [6, 6.07) is 19.9. The summed E-state index contributed by atoms with van der Waals surface area (Å²) >= 11 is 0. The van der Waals surface area contributed by atoms with Gasteiger partial charge in [0, 0.05) is 12.1 Å². The third kappa shape index (κ3) is 5.87. The molecule has 0 spiro atoms. The van der Waals surface area contributed by atoms with Crippen molar-refractivity contribution in [2.45, 2.75) is 25.3 Å². The summed E-state index contributed by atoms with van der Waals surface area (Å²) in [5.74, 6) is -1.10. The molecular weight excluding hydrogens is 414 g/mol. The fourth-order valence-corrected chi connectivity index (χ4v) is 3.92. The van der Waals surface area contributed by atoms with E-state index < -0.39 is 22.6 Å². The molecule has 7 heteroatoms. The number of carbonyl (C=O) groups excluding carboxylic acids is 2. The van der Waals surface area contributed by atoms with E-state index in [0.29, 0.717) is 5.56 Å². The molecule has 0 unspecified atom stereocenters. The van der Waals surface area contributed by atoms with Crippen LogP contribution in [0.2, 0.25) is 0 Å². The highest BCUT2D eigenvalue weighted by Crippen LogP contribution is 2.14. The van der Waals surface area contributed by atoms with Crippen LogP contribution in [-0.4, -0.2) is 26.8 Å². The molecule has 3 aromatic rings. The minimum absolute atomic E-state index is 0.0514. The maximum Gasteiger partial charge on any atom is 0.338 e. The predicted octanol–water partition coefficient (Wildman–Crippen LogP) is 3.82. The second kappa shape index (κ2) is 9.68. The molecular formula is C24H23NO5S. The number of nitrogens with one attached hydrogen (secondary N) is 1. The summed E-state index contributed by atoms with van der Waals surface area (Å²) in [5, 5.41) is 0. The van der Waals surface area contributed by atoms with Crippen molar-refractivity contribution in [1.29, 1.82) is 0 Å². The highest BCUT2D eigenvalue weighted by atomic mass is 32.2. The Labute approximate surface area is 181 Å². The first kappa shape index (κ1) is 22.4. The lowest BCUT2D eigenvalue weighted by atomic mass is 10.0.